The van der Waals surface area contributed by atoms with Crippen LogP contribution in [0.4, 0.5) is 0 Å². The third-order valence-electron chi connectivity index (χ3n) is 4.98. The highest BCUT2D eigenvalue weighted by Gasteiger charge is 2.20. The molecule has 1 unspecified atom stereocenters. The summed E-state index contributed by atoms with van der Waals surface area (Å²) in [4.78, 5) is 0. The van der Waals surface area contributed by atoms with Gasteiger partial charge in [-0.1, -0.05) is 42.5 Å². The molecule has 0 saturated carbocycles. The molecule has 0 aliphatic rings. The van der Waals surface area contributed by atoms with Gasteiger partial charge < -0.3 is 20.6 Å². The van der Waals surface area contributed by atoms with E-state index in [1.807, 2.05) is 0 Å². The molecule has 0 radical (unpaired) electrons. The molecule has 3 aromatic carbocycles. The molecule has 0 fully saturated rings. The topological polar surface area (TPSA) is 72.7 Å². The van der Waals surface area contributed by atoms with Crippen molar-refractivity contribution in [2.24, 2.45) is 0 Å². The fraction of sp³-hybridized carbons (Fsp3) is 0.304. The minimum Gasteiger partial charge on any atom is -0.508 e. The fourth-order valence-corrected chi connectivity index (χ4v) is 3.35. The number of aliphatic hydroxyl groups is 1. The van der Waals surface area contributed by atoms with Gasteiger partial charge in [-0.2, -0.15) is 0 Å². The molecular weight excluding hydrogens is 338 g/mol. The van der Waals surface area contributed by atoms with Gasteiger partial charge in [0.05, 0.1) is 6.10 Å². The molecule has 4 nitrogen and oxygen atoms in total. The number of phenols is 2. The Labute approximate surface area is 160 Å². The first-order chi connectivity index (χ1) is 12.8. The highest BCUT2D eigenvalue weighted by molar-refractivity contribution is 5.85. The second-order valence-corrected chi connectivity index (χ2v) is 7.70. The molecule has 3 aromatic rings. The second kappa shape index (κ2) is 7.99. The summed E-state index contributed by atoms with van der Waals surface area (Å²) in [5.41, 5.74) is 1.64. The van der Waals surface area contributed by atoms with E-state index in [0.717, 1.165) is 12.8 Å². The van der Waals surface area contributed by atoms with Gasteiger partial charge in [-0.15, -0.1) is 0 Å². The predicted octanol–water partition coefficient (Wildman–Crippen LogP) is 4.29. The van der Waals surface area contributed by atoms with E-state index in [1.54, 1.807) is 0 Å². The number of aryl methyl sites for hydroxylation is 1. The number of hydrogen-bond donors (Lipinski definition) is 4. The van der Waals surface area contributed by atoms with E-state index >= 15 is 0 Å². The predicted molar refractivity (Wildman–Crippen MR) is 109 cm³/mol. The quantitative estimate of drug-likeness (QED) is 0.504. The van der Waals surface area contributed by atoms with E-state index in [9.17, 15) is 15.3 Å². The average Bonchev–Trinajstić information content (AvgIpc) is 2.64. The third-order valence-corrected chi connectivity index (χ3v) is 4.98. The van der Waals surface area contributed by atoms with E-state index in [2.05, 4.69) is 61.6 Å². The van der Waals surface area contributed by atoms with Gasteiger partial charge in [0.2, 0.25) is 0 Å². The van der Waals surface area contributed by atoms with Gasteiger partial charge >= 0.3 is 0 Å². The van der Waals surface area contributed by atoms with Gasteiger partial charge in [-0.25, -0.2) is 0 Å². The van der Waals surface area contributed by atoms with Crippen LogP contribution in [-0.2, 0) is 6.42 Å². The standard InChI is InChI=1S/C23H27NO3/c1-23(2,24-15-22(27)18-12-19(25)14-20(26)13-18)11-10-17-8-5-7-16-6-3-4-9-21(16)17/h3-9,12-14,22,24-27H,10-11,15H2,1-2H3. The molecule has 3 rings (SSSR count). The number of benzene rings is 3. The summed E-state index contributed by atoms with van der Waals surface area (Å²) in [5.74, 6) is -0.112. The molecule has 27 heavy (non-hydrogen) atoms. The van der Waals surface area contributed by atoms with E-state index in [4.69, 9.17) is 0 Å². The van der Waals surface area contributed by atoms with E-state index < -0.39 is 6.10 Å². The third kappa shape index (κ3) is 5.00. The minimum atomic E-state index is -0.806. The van der Waals surface area contributed by atoms with Crippen LogP contribution in [-0.4, -0.2) is 27.4 Å². The van der Waals surface area contributed by atoms with E-state index in [1.165, 1.54) is 34.5 Å². The highest BCUT2D eigenvalue weighted by Crippen LogP contribution is 2.26. The van der Waals surface area contributed by atoms with Crippen molar-refractivity contribution in [3.8, 4) is 11.5 Å². The van der Waals surface area contributed by atoms with Crippen molar-refractivity contribution in [1.29, 1.82) is 0 Å². The summed E-state index contributed by atoms with van der Waals surface area (Å²) in [6, 6.07) is 19.0. The SMILES string of the molecule is CC(C)(CCc1cccc2ccccc12)NCC(O)c1cc(O)cc(O)c1. The molecular formula is C23H27NO3. The van der Waals surface area contributed by atoms with E-state index in [-0.39, 0.29) is 17.0 Å². The van der Waals surface area contributed by atoms with Crippen LogP contribution in [0.25, 0.3) is 10.8 Å². The Morgan fingerprint density at radius 2 is 1.59 bits per heavy atom. The van der Waals surface area contributed by atoms with Crippen LogP contribution in [0.15, 0.2) is 60.7 Å². The molecule has 0 aliphatic heterocycles. The molecule has 4 heteroatoms. The Morgan fingerprint density at radius 1 is 0.926 bits per heavy atom. The van der Waals surface area contributed by atoms with Crippen molar-refractivity contribution >= 4 is 10.8 Å². The molecule has 0 aromatic heterocycles. The monoisotopic (exact) mass is 365 g/mol. The molecule has 0 heterocycles. The molecule has 0 amide bonds. The van der Waals surface area contributed by atoms with Gasteiger partial charge in [-0.3, -0.25) is 0 Å². The van der Waals surface area contributed by atoms with Crippen LogP contribution in [0.3, 0.4) is 0 Å². The van der Waals surface area contributed by atoms with Gasteiger partial charge in [-0.05, 0) is 60.7 Å². The van der Waals surface area contributed by atoms with Crippen molar-refractivity contribution in [3.05, 3.63) is 71.8 Å². The zero-order valence-corrected chi connectivity index (χ0v) is 15.8. The first kappa shape index (κ1) is 19.2. The van der Waals surface area contributed by atoms with Crippen LogP contribution >= 0.6 is 0 Å². The van der Waals surface area contributed by atoms with Crippen molar-refractivity contribution in [3.63, 3.8) is 0 Å². The summed E-state index contributed by atoms with van der Waals surface area (Å²) >= 11 is 0. The van der Waals surface area contributed by atoms with Crippen LogP contribution in [0.5, 0.6) is 11.5 Å². The smallest absolute Gasteiger partial charge is 0.119 e. The van der Waals surface area contributed by atoms with Crippen molar-refractivity contribution in [2.75, 3.05) is 6.54 Å². The van der Waals surface area contributed by atoms with Gasteiger partial charge in [0.25, 0.3) is 0 Å². The lowest BCUT2D eigenvalue weighted by molar-refractivity contribution is 0.158. The van der Waals surface area contributed by atoms with Gasteiger partial charge in [0, 0.05) is 18.2 Å². The number of rotatable bonds is 7. The summed E-state index contributed by atoms with van der Waals surface area (Å²) in [5, 5.41) is 35.5. The normalized spacial score (nSPS) is 13.0. The zero-order valence-electron chi connectivity index (χ0n) is 15.8. The number of hydrogen-bond acceptors (Lipinski definition) is 4. The fourth-order valence-electron chi connectivity index (χ4n) is 3.35. The van der Waals surface area contributed by atoms with Crippen molar-refractivity contribution in [2.45, 2.75) is 38.3 Å². The molecule has 0 spiro atoms. The summed E-state index contributed by atoms with van der Waals surface area (Å²) in [7, 11) is 0. The first-order valence-corrected chi connectivity index (χ1v) is 9.27. The van der Waals surface area contributed by atoms with Crippen LogP contribution in [0.2, 0.25) is 0 Å². The van der Waals surface area contributed by atoms with Gasteiger partial charge in [0.1, 0.15) is 11.5 Å². The largest absolute Gasteiger partial charge is 0.508 e. The number of aromatic hydroxyl groups is 2. The summed E-state index contributed by atoms with van der Waals surface area (Å²) in [6.45, 7) is 4.57. The minimum absolute atomic E-state index is 0.0562. The lowest BCUT2D eigenvalue weighted by Crippen LogP contribution is -2.42. The van der Waals surface area contributed by atoms with E-state index in [0.29, 0.717) is 12.1 Å². The molecule has 1 atom stereocenters. The zero-order chi connectivity index (χ0) is 19.4. The van der Waals surface area contributed by atoms with Crippen molar-refractivity contribution < 1.29 is 15.3 Å². The van der Waals surface area contributed by atoms with Gasteiger partial charge in [0.15, 0.2) is 0 Å². The number of fused-ring (bicyclic) bond motifs is 1. The Balaban J connectivity index is 1.61. The van der Waals surface area contributed by atoms with Crippen LogP contribution in [0, 0.1) is 0 Å². The Morgan fingerprint density at radius 3 is 2.33 bits per heavy atom. The first-order valence-electron chi connectivity index (χ1n) is 9.27. The van der Waals surface area contributed by atoms with Crippen molar-refractivity contribution in [1.82, 2.24) is 5.32 Å². The maximum absolute atomic E-state index is 10.4. The Hall–Kier alpha value is -2.56. The molecule has 4 N–H and O–H groups in total. The maximum Gasteiger partial charge on any atom is 0.119 e. The molecule has 0 saturated heterocycles. The Kier molecular flexibility index (Phi) is 5.68. The van der Waals surface area contributed by atoms with Crippen LogP contribution < -0.4 is 5.32 Å². The lowest BCUT2D eigenvalue weighted by atomic mass is 9.92. The number of β-amino-alcohol motifs (C(OH)–C–C–N with tert-alkyl or cyclic N) is 1. The summed E-state index contributed by atoms with van der Waals surface area (Å²) < 4.78 is 0. The Bertz CT molecular complexity index is 895. The highest BCUT2D eigenvalue weighted by atomic mass is 16.3. The second-order valence-electron chi connectivity index (χ2n) is 7.70. The number of aliphatic hydroxyl groups excluding tert-OH is 1. The maximum atomic E-state index is 10.4. The average molecular weight is 365 g/mol. The van der Waals surface area contributed by atoms with Crippen LogP contribution in [0.1, 0.15) is 37.5 Å². The number of nitrogens with one attached hydrogen (secondary N) is 1. The molecule has 142 valence electrons. The summed E-state index contributed by atoms with van der Waals surface area (Å²) in [6.07, 6.45) is 1.04. The molecule has 0 bridgehead atoms. The number of phenolic OH excluding ortho intramolecular Hbond substituents is 2. The molecule has 0 aliphatic carbocycles. The lowest BCUT2D eigenvalue weighted by Gasteiger charge is -2.28.